The highest BCUT2D eigenvalue weighted by atomic mass is 16.7. The van der Waals surface area contributed by atoms with Crippen LogP contribution in [0.25, 0.3) is 0 Å². The standard InChI is InChI=1S/C7H3NO5/c9-7-12-4-1-2-6(13-7)5(3-4)8(10)11/h1-3H. The summed E-state index contributed by atoms with van der Waals surface area (Å²) >= 11 is 0. The molecule has 2 heterocycles. The van der Waals surface area contributed by atoms with Gasteiger partial charge in [-0.1, -0.05) is 0 Å². The average Bonchev–Trinajstić information content (AvgIpc) is 2.31. The van der Waals surface area contributed by atoms with E-state index in [1.165, 1.54) is 12.1 Å². The van der Waals surface area contributed by atoms with Gasteiger partial charge in [-0.15, -0.1) is 0 Å². The first-order chi connectivity index (χ1) is 6.16. The van der Waals surface area contributed by atoms with Gasteiger partial charge in [0.05, 0.1) is 11.0 Å². The molecule has 0 amide bonds. The van der Waals surface area contributed by atoms with E-state index in [-0.39, 0.29) is 17.2 Å². The summed E-state index contributed by atoms with van der Waals surface area (Å²) in [6, 6.07) is 3.88. The topological polar surface area (TPSA) is 78.7 Å². The van der Waals surface area contributed by atoms with Crippen LogP contribution in [0.5, 0.6) is 11.5 Å². The maximum absolute atomic E-state index is 10.7. The Morgan fingerprint density at radius 3 is 2.77 bits per heavy atom. The molecule has 0 saturated carbocycles. The largest absolute Gasteiger partial charge is 0.519 e. The van der Waals surface area contributed by atoms with Crippen LogP contribution in [-0.4, -0.2) is 11.1 Å². The van der Waals surface area contributed by atoms with Crippen molar-refractivity contribution in [2.24, 2.45) is 0 Å². The van der Waals surface area contributed by atoms with Crippen molar-refractivity contribution in [1.29, 1.82) is 0 Å². The Morgan fingerprint density at radius 1 is 1.31 bits per heavy atom. The van der Waals surface area contributed by atoms with Crippen molar-refractivity contribution in [3.8, 4) is 11.5 Å². The molecule has 0 atom stereocenters. The number of hydrogen-bond donors (Lipinski definition) is 0. The van der Waals surface area contributed by atoms with Gasteiger partial charge in [-0.3, -0.25) is 10.1 Å². The van der Waals surface area contributed by atoms with Crippen molar-refractivity contribution in [2.75, 3.05) is 0 Å². The molecule has 3 rings (SSSR count). The van der Waals surface area contributed by atoms with Crippen LogP contribution in [0.15, 0.2) is 18.2 Å². The van der Waals surface area contributed by atoms with Gasteiger partial charge in [0.15, 0.2) is 0 Å². The molecule has 66 valence electrons. The van der Waals surface area contributed by atoms with Crippen molar-refractivity contribution in [2.45, 2.75) is 0 Å². The summed E-state index contributed by atoms with van der Waals surface area (Å²) in [7, 11) is 0. The van der Waals surface area contributed by atoms with Gasteiger partial charge in [-0.05, 0) is 12.1 Å². The lowest BCUT2D eigenvalue weighted by molar-refractivity contribution is -0.385. The van der Waals surface area contributed by atoms with E-state index in [9.17, 15) is 14.9 Å². The van der Waals surface area contributed by atoms with Crippen LogP contribution in [0.2, 0.25) is 0 Å². The number of nitrogens with zero attached hydrogens (tertiary/aromatic N) is 1. The molecule has 1 aromatic rings. The number of fused-ring (bicyclic) bond motifs is 4. The second-order valence-electron chi connectivity index (χ2n) is 2.34. The maximum Gasteiger partial charge on any atom is 0.519 e. The van der Waals surface area contributed by atoms with Crippen molar-refractivity contribution in [3.05, 3.63) is 28.3 Å². The third kappa shape index (κ3) is 1.18. The van der Waals surface area contributed by atoms with E-state index >= 15 is 0 Å². The molecule has 2 aliphatic rings. The highest BCUT2D eigenvalue weighted by Crippen LogP contribution is 2.33. The van der Waals surface area contributed by atoms with Crippen LogP contribution < -0.4 is 9.47 Å². The zero-order chi connectivity index (χ0) is 9.42. The monoisotopic (exact) mass is 181 g/mol. The number of benzene rings is 1. The second kappa shape index (κ2) is 2.44. The Bertz CT molecular complexity index is 400. The number of nitro groups is 1. The van der Waals surface area contributed by atoms with Crippen molar-refractivity contribution < 1.29 is 19.2 Å². The number of carbonyl (C=O) groups excluding carboxylic acids is 1. The average molecular weight is 181 g/mol. The Balaban J connectivity index is 2.59. The van der Waals surface area contributed by atoms with Gasteiger partial charge >= 0.3 is 11.8 Å². The molecule has 2 bridgehead atoms. The zero-order valence-electron chi connectivity index (χ0n) is 6.22. The summed E-state index contributed by atoms with van der Waals surface area (Å²) in [6.45, 7) is 0. The van der Waals surface area contributed by atoms with E-state index in [1.54, 1.807) is 0 Å². The molecule has 0 unspecified atom stereocenters. The Labute approximate surface area is 71.8 Å². The second-order valence-corrected chi connectivity index (χ2v) is 2.34. The van der Waals surface area contributed by atoms with E-state index in [1.807, 2.05) is 0 Å². The van der Waals surface area contributed by atoms with Crippen LogP contribution >= 0.6 is 0 Å². The molecule has 0 fully saturated rings. The zero-order valence-corrected chi connectivity index (χ0v) is 6.22. The van der Waals surface area contributed by atoms with E-state index in [2.05, 4.69) is 9.47 Å². The van der Waals surface area contributed by atoms with E-state index in [4.69, 9.17) is 0 Å². The molecule has 2 aliphatic heterocycles. The summed E-state index contributed by atoms with van der Waals surface area (Å²) in [5.74, 6) is 0.00852. The van der Waals surface area contributed by atoms with Gasteiger partial charge in [-0.25, -0.2) is 4.79 Å². The van der Waals surface area contributed by atoms with Crippen LogP contribution in [0, 0.1) is 10.1 Å². The molecule has 0 aromatic heterocycles. The van der Waals surface area contributed by atoms with Gasteiger partial charge < -0.3 is 9.47 Å². The number of carbonyl (C=O) groups is 1. The van der Waals surface area contributed by atoms with Crippen LogP contribution in [0.4, 0.5) is 10.5 Å². The molecule has 0 saturated heterocycles. The fourth-order valence-corrected chi connectivity index (χ4v) is 0.996. The Morgan fingerprint density at radius 2 is 2.08 bits per heavy atom. The molecular formula is C7H3NO5. The lowest BCUT2D eigenvalue weighted by Crippen LogP contribution is -2.10. The normalized spacial score (nSPS) is 13.1. The molecule has 0 spiro atoms. The Hall–Kier alpha value is -2.11. The number of nitro benzene ring substituents is 1. The number of rotatable bonds is 1. The lowest BCUT2D eigenvalue weighted by Gasteiger charge is -1.95. The molecule has 0 radical (unpaired) electrons. The van der Waals surface area contributed by atoms with Gasteiger partial charge in [0.2, 0.25) is 5.75 Å². The molecule has 13 heavy (non-hydrogen) atoms. The molecule has 0 N–H and O–H groups in total. The van der Waals surface area contributed by atoms with Crippen LogP contribution in [0.1, 0.15) is 0 Å². The lowest BCUT2D eigenvalue weighted by atomic mass is 10.3. The van der Waals surface area contributed by atoms with Crippen LogP contribution in [-0.2, 0) is 0 Å². The first-order valence-electron chi connectivity index (χ1n) is 3.35. The van der Waals surface area contributed by atoms with E-state index < -0.39 is 11.1 Å². The Kier molecular flexibility index (Phi) is 1.42. The molecule has 1 aromatic carbocycles. The number of ether oxygens (including phenoxy) is 2. The van der Waals surface area contributed by atoms with E-state index in [0.29, 0.717) is 0 Å². The minimum absolute atomic E-state index is 0.101. The quantitative estimate of drug-likeness (QED) is 0.284. The molecule has 6 nitrogen and oxygen atoms in total. The van der Waals surface area contributed by atoms with Crippen molar-refractivity contribution in [1.82, 2.24) is 0 Å². The third-order valence-corrected chi connectivity index (χ3v) is 1.52. The first-order valence-corrected chi connectivity index (χ1v) is 3.35. The van der Waals surface area contributed by atoms with Gasteiger partial charge in [0.25, 0.3) is 0 Å². The minimum atomic E-state index is -0.955. The molecular weight excluding hydrogens is 178 g/mol. The maximum atomic E-state index is 10.7. The highest BCUT2D eigenvalue weighted by Gasteiger charge is 2.24. The third-order valence-electron chi connectivity index (χ3n) is 1.52. The van der Waals surface area contributed by atoms with Crippen molar-refractivity contribution in [3.63, 3.8) is 0 Å². The SMILES string of the molecule is O=C1Oc2ccc(c([N+](=O)[O-])c2)O1. The van der Waals surface area contributed by atoms with Crippen molar-refractivity contribution >= 4 is 11.8 Å². The fourth-order valence-electron chi connectivity index (χ4n) is 0.996. The smallest absolute Gasteiger partial charge is 0.394 e. The first kappa shape index (κ1) is 7.53. The summed E-state index contributed by atoms with van der Waals surface area (Å²) in [5.41, 5.74) is -0.275. The number of hydrogen-bond acceptors (Lipinski definition) is 5. The van der Waals surface area contributed by atoms with Gasteiger partial charge in [-0.2, -0.15) is 0 Å². The van der Waals surface area contributed by atoms with Gasteiger partial charge in [0, 0.05) is 0 Å². The van der Waals surface area contributed by atoms with Gasteiger partial charge in [0.1, 0.15) is 5.75 Å². The molecule has 0 aliphatic carbocycles. The molecule has 6 heteroatoms. The predicted octanol–water partition coefficient (Wildman–Crippen LogP) is 1.49. The summed E-state index contributed by atoms with van der Waals surface area (Å²) in [4.78, 5) is 20.5. The van der Waals surface area contributed by atoms with Crippen LogP contribution in [0.3, 0.4) is 0 Å². The predicted molar refractivity (Wildman–Crippen MR) is 39.7 cm³/mol. The summed E-state index contributed by atoms with van der Waals surface area (Å²) < 4.78 is 9.06. The van der Waals surface area contributed by atoms with E-state index in [0.717, 1.165) is 6.07 Å². The fraction of sp³-hybridized carbons (Fsp3) is 0. The summed E-state index contributed by atoms with van der Waals surface area (Å²) in [5, 5.41) is 10.4. The minimum Gasteiger partial charge on any atom is -0.394 e. The highest BCUT2D eigenvalue weighted by molar-refractivity contribution is 5.72. The summed E-state index contributed by atoms with van der Waals surface area (Å²) in [6.07, 6.45) is -0.955.